The van der Waals surface area contributed by atoms with Crippen molar-refractivity contribution in [2.75, 3.05) is 6.26 Å². The highest BCUT2D eigenvalue weighted by atomic mass is 32.2. The molecule has 2 aromatic rings. The fourth-order valence-electron chi connectivity index (χ4n) is 3.13. The number of benzene rings is 1. The van der Waals surface area contributed by atoms with Crippen LogP contribution in [0.15, 0.2) is 23.1 Å². The lowest BCUT2D eigenvalue weighted by Crippen LogP contribution is -2.12. The summed E-state index contributed by atoms with van der Waals surface area (Å²) in [5.74, 6) is 0. The third kappa shape index (κ3) is 2.31. The van der Waals surface area contributed by atoms with Crippen LogP contribution in [0.2, 0.25) is 0 Å². The van der Waals surface area contributed by atoms with Crippen LogP contribution >= 0.6 is 12.2 Å². The van der Waals surface area contributed by atoms with Crippen molar-refractivity contribution < 1.29 is 8.42 Å². The monoisotopic (exact) mass is 310 g/mol. The summed E-state index contributed by atoms with van der Waals surface area (Å²) in [6.45, 7) is 0. The van der Waals surface area contributed by atoms with Crippen molar-refractivity contribution in [1.29, 1.82) is 0 Å². The normalized spacial score (nSPS) is 17.6. The molecular formula is C14H18N2O2S2. The maximum absolute atomic E-state index is 11.9. The van der Waals surface area contributed by atoms with Gasteiger partial charge < -0.3 is 9.55 Å². The van der Waals surface area contributed by atoms with E-state index in [1.165, 1.54) is 25.5 Å². The Bertz CT molecular complexity index is 796. The number of hydrogen-bond acceptors (Lipinski definition) is 3. The first kappa shape index (κ1) is 13.8. The van der Waals surface area contributed by atoms with E-state index in [2.05, 4.69) is 9.55 Å². The van der Waals surface area contributed by atoms with Crippen LogP contribution < -0.4 is 0 Å². The molecule has 0 aliphatic heterocycles. The molecule has 0 bridgehead atoms. The first-order chi connectivity index (χ1) is 9.48. The Morgan fingerprint density at radius 3 is 2.60 bits per heavy atom. The van der Waals surface area contributed by atoms with Gasteiger partial charge in [-0.05, 0) is 37.2 Å². The maximum atomic E-state index is 11.9. The molecule has 20 heavy (non-hydrogen) atoms. The number of rotatable bonds is 2. The number of para-hydroxylation sites is 1. The molecular weight excluding hydrogens is 292 g/mol. The molecule has 1 aromatic carbocycles. The topological polar surface area (TPSA) is 54.9 Å². The van der Waals surface area contributed by atoms with Gasteiger partial charge in [0.05, 0.1) is 15.9 Å². The number of imidazole rings is 1. The average Bonchev–Trinajstić information content (AvgIpc) is 2.74. The SMILES string of the molecule is CS(=O)(=O)c1cccc2c1[nH]c(=S)n2C1CCCCC1. The summed E-state index contributed by atoms with van der Waals surface area (Å²) in [5, 5.41) is 0. The molecule has 108 valence electrons. The summed E-state index contributed by atoms with van der Waals surface area (Å²) >= 11 is 5.43. The largest absolute Gasteiger partial charge is 0.329 e. The molecule has 0 radical (unpaired) electrons. The highest BCUT2D eigenvalue weighted by Gasteiger charge is 2.21. The Morgan fingerprint density at radius 2 is 1.95 bits per heavy atom. The molecule has 0 amide bonds. The van der Waals surface area contributed by atoms with E-state index in [1.54, 1.807) is 12.1 Å². The second kappa shape index (κ2) is 5.00. The van der Waals surface area contributed by atoms with E-state index in [9.17, 15) is 8.42 Å². The first-order valence-electron chi connectivity index (χ1n) is 6.92. The molecule has 3 rings (SSSR count). The van der Waals surface area contributed by atoms with Gasteiger partial charge in [0.15, 0.2) is 14.6 Å². The zero-order valence-corrected chi connectivity index (χ0v) is 13.1. The standard InChI is InChI=1S/C14H18N2O2S2/c1-20(17,18)12-9-5-8-11-13(12)15-14(19)16(11)10-6-3-2-4-7-10/h5,8-10H,2-4,6-7H2,1H3,(H,15,19). The van der Waals surface area contributed by atoms with Crippen LogP contribution in [0.1, 0.15) is 38.1 Å². The number of fused-ring (bicyclic) bond motifs is 1. The Morgan fingerprint density at radius 1 is 1.25 bits per heavy atom. The van der Waals surface area contributed by atoms with Gasteiger partial charge in [-0.3, -0.25) is 0 Å². The van der Waals surface area contributed by atoms with Gasteiger partial charge in [0, 0.05) is 12.3 Å². The quantitative estimate of drug-likeness (QED) is 0.862. The molecule has 4 nitrogen and oxygen atoms in total. The highest BCUT2D eigenvalue weighted by molar-refractivity contribution is 7.91. The zero-order chi connectivity index (χ0) is 14.3. The van der Waals surface area contributed by atoms with Gasteiger partial charge in [-0.15, -0.1) is 0 Å². The average molecular weight is 310 g/mol. The van der Waals surface area contributed by atoms with Crippen molar-refractivity contribution >= 4 is 33.1 Å². The molecule has 0 unspecified atom stereocenters. The number of H-pyrrole nitrogens is 1. The number of nitrogens with one attached hydrogen (secondary N) is 1. The summed E-state index contributed by atoms with van der Waals surface area (Å²) in [5.41, 5.74) is 1.55. The second-order valence-electron chi connectivity index (χ2n) is 5.51. The highest BCUT2D eigenvalue weighted by Crippen LogP contribution is 2.32. The summed E-state index contributed by atoms with van der Waals surface area (Å²) in [6.07, 6.45) is 7.17. The number of nitrogens with zero attached hydrogens (tertiary/aromatic N) is 1. The van der Waals surface area contributed by atoms with E-state index in [0.717, 1.165) is 18.4 Å². The molecule has 6 heteroatoms. The summed E-state index contributed by atoms with van der Waals surface area (Å²) in [4.78, 5) is 3.43. The molecule has 1 saturated carbocycles. The lowest BCUT2D eigenvalue weighted by molar-refractivity contribution is 0.357. The maximum Gasteiger partial charge on any atom is 0.178 e. The smallest absolute Gasteiger partial charge is 0.178 e. The van der Waals surface area contributed by atoms with E-state index < -0.39 is 9.84 Å². The molecule has 1 N–H and O–H groups in total. The predicted octanol–water partition coefficient (Wildman–Crippen LogP) is 3.61. The van der Waals surface area contributed by atoms with Gasteiger partial charge in [0.1, 0.15) is 0 Å². The van der Waals surface area contributed by atoms with Gasteiger partial charge >= 0.3 is 0 Å². The third-order valence-corrected chi connectivity index (χ3v) is 5.49. The first-order valence-corrected chi connectivity index (χ1v) is 9.22. The zero-order valence-electron chi connectivity index (χ0n) is 11.4. The molecule has 1 fully saturated rings. The van der Waals surface area contributed by atoms with Crippen LogP contribution in [0.25, 0.3) is 11.0 Å². The summed E-state index contributed by atoms with van der Waals surface area (Å²) in [7, 11) is -3.25. The van der Waals surface area contributed by atoms with Crippen molar-refractivity contribution in [1.82, 2.24) is 9.55 Å². The Balaban J connectivity index is 2.24. The lowest BCUT2D eigenvalue weighted by atomic mass is 9.95. The predicted molar refractivity (Wildman–Crippen MR) is 82.4 cm³/mol. The van der Waals surface area contributed by atoms with Crippen LogP contribution in [0.5, 0.6) is 0 Å². The second-order valence-corrected chi connectivity index (χ2v) is 7.89. The van der Waals surface area contributed by atoms with Gasteiger partial charge in [0.2, 0.25) is 0 Å². The van der Waals surface area contributed by atoms with Crippen molar-refractivity contribution in [3.63, 3.8) is 0 Å². The van der Waals surface area contributed by atoms with E-state index in [1.807, 2.05) is 6.07 Å². The molecule has 0 atom stereocenters. The molecule has 1 aliphatic carbocycles. The van der Waals surface area contributed by atoms with E-state index in [-0.39, 0.29) is 0 Å². The molecule has 1 aliphatic rings. The van der Waals surface area contributed by atoms with Crippen molar-refractivity contribution in [2.45, 2.75) is 43.0 Å². The van der Waals surface area contributed by atoms with Crippen molar-refractivity contribution in [3.05, 3.63) is 23.0 Å². The summed E-state index contributed by atoms with van der Waals surface area (Å²) < 4.78 is 26.5. The number of aromatic amines is 1. The summed E-state index contributed by atoms with van der Waals surface area (Å²) in [6, 6.07) is 5.76. The van der Waals surface area contributed by atoms with Crippen molar-refractivity contribution in [3.8, 4) is 0 Å². The van der Waals surface area contributed by atoms with Crippen LogP contribution in [-0.4, -0.2) is 24.2 Å². The molecule has 0 spiro atoms. The fraction of sp³-hybridized carbons (Fsp3) is 0.500. The minimum absolute atomic E-state index is 0.329. The van der Waals surface area contributed by atoms with Crippen molar-refractivity contribution in [2.24, 2.45) is 0 Å². The van der Waals surface area contributed by atoms with Crippen LogP contribution in [-0.2, 0) is 9.84 Å². The van der Waals surface area contributed by atoms with Gasteiger partial charge in [0.25, 0.3) is 0 Å². The number of hydrogen-bond donors (Lipinski definition) is 1. The Kier molecular flexibility index (Phi) is 3.46. The van der Waals surface area contributed by atoms with Crippen LogP contribution in [0.3, 0.4) is 0 Å². The van der Waals surface area contributed by atoms with E-state index >= 15 is 0 Å². The molecule has 1 heterocycles. The molecule has 0 saturated heterocycles. The van der Waals surface area contributed by atoms with Gasteiger partial charge in [-0.2, -0.15) is 0 Å². The minimum Gasteiger partial charge on any atom is -0.329 e. The third-order valence-electron chi connectivity index (χ3n) is 4.05. The van der Waals surface area contributed by atoms with Crippen LogP contribution in [0, 0.1) is 4.77 Å². The number of sulfone groups is 1. The minimum atomic E-state index is -3.25. The Hall–Kier alpha value is -1.14. The van der Waals surface area contributed by atoms with Gasteiger partial charge in [-0.1, -0.05) is 25.3 Å². The van der Waals surface area contributed by atoms with Gasteiger partial charge in [-0.25, -0.2) is 8.42 Å². The Labute approximate surface area is 123 Å². The fourth-order valence-corrected chi connectivity index (χ4v) is 4.33. The molecule has 1 aromatic heterocycles. The number of aromatic nitrogens is 2. The van der Waals surface area contributed by atoms with E-state index in [0.29, 0.717) is 21.2 Å². The van der Waals surface area contributed by atoms with E-state index in [4.69, 9.17) is 12.2 Å². The lowest BCUT2D eigenvalue weighted by Gasteiger charge is -2.23. The van der Waals surface area contributed by atoms with Crippen LogP contribution in [0.4, 0.5) is 0 Å².